The maximum absolute atomic E-state index is 5.02. The van der Waals surface area contributed by atoms with Gasteiger partial charge in [0.1, 0.15) is 0 Å². The van der Waals surface area contributed by atoms with Crippen molar-refractivity contribution in [3.63, 3.8) is 0 Å². The van der Waals surface area contributed by atoms with Crippen molar-refractivity contribution in [2.45, 2.75) is 0 Å². The largest absolute Gasteiger partial charge is 0.208 e. The fourth-order valence-corrected chi connectivity index (χ4v) is 8.65. The molecular weight excluding hydrogens is 663 g/mol. The van der Waals surface area contributed by atoms with Gasteiger partial charge in [-0.3, -0.25) is 0 Å². The lowest BCUT2D eigenvalue weighted by Gasteiger charge is -2.10. The van der Waals surface area contributed by atoms with E-state index >= 15 is 0 Å². The Morgan fingerprint density at radius 1 is 0.264 bits per heavy atom. The van der Waals surface area contributed by atoms with E-state index in [1.807, 2.05) is 47.7 Å². The highest BCUT2D eigenvalue weighted by molar-refractivity contribution is 7.27. The molecule has 0 bridgehead atoms. The Morgan fingerprint density at radius 2 is 0.660 bits per heavy atom. The summed E-state index contributed by atoms with van der Waals surface area (Å²) in [6.45, 7) is 0. The van der Waals surface area contributed by atoms with Crippen LogP contribution in [0.1, 0.15) is 0 Å². The molecule has 0 radical (unpaired) electrons. The lowest BCUT2D eigenvalue weighted by molar-refractivity contribution is 1.07. The van der Waals surface area contributed by atoms with Crippen molar-refractivity contribution in [1.29, 1.82) is 0 Å². The van der Waals surface area contributed by atoms with Gasteiger partial charge < -0.3 is 0 Å². The van der Waals surface area contributed by atoms with Gasteiger partial charge in [0.2, 0.25) is 0 Å². The fourth-order valence-electron chi connectivity index (χ4n) is 7.30. The van der Waals surface area contributed by atoms with Crippen molar-refractivity contribution in [3.05, 3.63) is 188 Å². The molecule has 0 aliphatic heterocycles. The van der Waals surface area contributed by atoms with Gasteiger partial charge in [-0.15, -0.1) is 11.3 Å². The molecule has 4 heteroatoms. The second kappa shape index (κ2) is 13.1. The third-order valence-electron chi connectivity index (χ3n) is 9.96. The summed E-state index contributed by atoms with van der Waals surface area (Å²) in [5, 5.41) is 5.15. The van der Waals surface area contributed by atoms with Crippen molar-refractivity contribution >= 4 is 42.3 Å². The Hall–Kier alpha value is -6.75. The first-order valence-corrected chi connectivity index (χ1v) is 18.6. The standard InChI is InChI=1S/C49H31N3S/c1-4-13-32(14-5-1)33-23-27-37(28-24-33)48-50-47(36-17-8-3-9-18-36)51-49(52-48)38-29-25-35(26-30-38)39-21-12-22-42-44-31-43(34-15-6-2-7-16-34)40-19-10-11-20-41(40)46(44)53-45(39)42/h1-31H. The minimum atomic E-state index is 0.646. The Bertz CT molecular complexity index is 2900. The Balaban J connectivity index is 1.06. The van der Waals surface area contributed by atoms with E-state index in [0.29, 0.717) is 17.5 Å². The van der Waals surface area contributed by atoms with Crippen LogP contribution in [0.25, 0.3) is 98.5 Å². The molecule has 2 aromatic heterocycles. The average molecular weight is 694 g/mol. The van der Waals surface area contributed by atoms with E-state index in [4.69, 9.17) is 15.0 Å². The molecule has 0 unspecified atom stereocenters. The molecule has 3 nitrogen and oxygen atoms in total. The molecule has 0 amide bonds. The van der Waals surface area contributed by atoms with Crippen LogP contribution in [0.15, 0.2) is 188 Å². The van der Waals surface area contributed by atoms with Gasteiger partial charge in [0.25, 0.3) is 0 Å². The van der Waals surface area contributed by atoms with Gasteiger partial charge in [0.05, 0.1) is 0 Å². The predicted molar refractivity (Wildman–Crippen MR) is 223 cm³/mol. The van der Waals surface area contributed by atoms with Gasteiger partial charge in [-0.1, -0.05) is 182 Å². The first-order chi connectivity index (χ1) is 26.3. The van der Waals surface area contributed by atoms with Crippen LogP contribution in [0, 0.1) is 0 Å². The number of benzene rings is 8. The summed E-state index contributed by atoms with van der Waals surface area (Å²) in [6.07, 6.45) is 0. The van der Waals surface area contributed by atoms with Crippen molar-refractivity contribution in [2.24, 2.45) is 0 Å². The van der Waals surface area contributed by atoms with Gasteiger partial charge in [-0.25, -0.2) is 15.0 Å². The lowest BCUT2D eigenvalue weighted by Crippen LogP contribution is -2.00. The number of hydrogen-bond acceptors (Lipinski definition) is 4. The lowest BCUT2D eigenvalue weighted by atomic mass is 9.95. The summed E-state index contributed by atoms with van der Waals surface area (Å²) < 4.78 is 2.61. The number of thiophene rings is 1. The van der Waals surface area contributed by atoms with Crippen LogP contribution in [0.5, 0.6) is 0 Å². The molecule has 2 heterocycles. The Kier molecular flexibility index (Phi) is 7.67. The molecule has 0 saturated carbocycles. The molecule has 0 N–H and O–H groups in total. The monoisotopic (exact) mass is 693 g/mol. The summed E-state index contributed by atoms with van der Waals surface area (Å²) in [5.74, 6) is 1.95. The van der Waals surface area contributed by atoms with Crippen molar-refractivity contribution < 1.29 is 0 Å². The Labute approximate surface area is 311 Å². The quantitative estimate of drug-likeness (QED) is 0.174. The molecule has 0 spiro atoms. The predicted octanol–water partition coefficient (Wildman–Crippen LogP) is 13.4. The van der Waals surface area contributed by atoms with E-state index < -0.39 is 0 Å². The van der Waals surface area contributed by atoms with E-state index in [9.17, 15) is 0 Å². The van der Waals surface area contributed by atoms with E-state index in [1.54, 1.807) is 0 Å². The summed E-state index contributed by atoms with van der Waals surface area (Å²) in [7, 11) is 0. The topological polar surface area (TPSA) is 38.7 Å². The van der Waals surface area contributed by atoms with Crippen LogP contribution in [-0.4, -0.2) is 15.0 Å². The molecule has 0 fully saturated rings. The number of nitrogens with zero attached hydrogens (tertiary/aromatic N) is 3. The van der Waals surface area contributed by atoms with Crippen molar-refractivity contribution in [3.8, 4) is 67.5 Å². The molecule has 0 aliphatic carbocycles. The van der Waals surface area contributed by atoms with Crippen LogP contribution in [0.3, 0.4) is 0 Å². The minimum Gasteiger partial charge on any atom is -0.208 e. The smallest absolute Gasteiger partial charge is 0.164 e. The molecular formula is C49H31N3S. The van der Waals surface area contributed by atoms with Gasteiger partial charge >= 0.3 is 0 Å². The molecule has 53 heavy (non-hydrogen) atoms. The summed E-state index contributed by atoms with van der Waals surface area (Å²) in [6, 6.07) is 66.2. The molecule has 0 atom stereocenters. The van der Waals surface area contributed by atoms with Crippen molar-refractivity contribution in [1.82, 2.24) is 15.0 Å². The first-order valence-electron chi connectivity index (χ1n) is 17.8. The van der Waals surface area contributed by atoms with Gasteiger partial charge in [-0.2, -0.15) is 0 Å². The van der Waals surface area contributed by atoms with E-state index in [1.165, 1.54) is 53.2 Å². The number of aromatic nitrogens is 3. The number of hydrogen-bond donors (Lipinski definition) is 0. The maximum Gasteiger partial charge on any atom is 0.164 e. The zero-order valence-corrected chi connectivity index (χ0v) is 29.5. The van der Waals surface area contributed by atoms with Crippen LogP contribution in [0.2, 0.25) is 0 Å². The van der Waals surface area contributed by atoms with Gasteiger partial charge in [0.15, 0.2) is 17.5 Å². The molecule has 10 aromatic rings. The van der Waals surface area contributed by atoms with Crippen LogP contribution in [-0.2, 0) is 0 Å². The van der Waals surface area contributed by atoms with Crippen LogP contribution in [0.4, 0.5) is 0 Å². The van der Waals surface area contributed by atoms with Crippen LogP contribution < -0.4 is 0 Å². The molecule has 10 rings (SSSR count). The normalized spacial score (nSPS) is 11.4. The maximum atomic E-state index is 5.02. The highest BCUT2D eigenvalue weighted by Gasteiger charge is 2.17. The Morgan fingerprint density at radius 3 is 1.26 bits per heavy atom. The zero-order valence-electron chi connectivity index (χ0n) is 28.6. The molecule has 248 valence electrons. The molecule has 0 saturated heterocycles. The minimum absolute atomic E-state index is 0.646. The van der Waals surface area contributed by atoms with Crippen molar-refractivity contribution in [2.75, 3.05) is 0 Å². The molecule has 8 aromatic carbocycles. The highest BCUT2D eigenvalue weighted by atomic mass is 32.1. The zero-order chi connectivity index (χ0) is 35.1. The first kappa shape index (κ1) is 31.0. The van der Waals surface area contributed by atoms with Gasteiger partial charge in [0, 0.05) is 42.2 Å². The second-order valence-corrected chi connectivity index (χ2v) is 14.2. The summed E-state index contributed by atoms with van der Waals surface area (Å²) >= 11 is 1.88. The number of rotatable bonds is 6. The second-order valence-electron chi connectivity index (χ2n) is 13.2. The van der Waals surface area contributed by atoms with E-state index in [2.05, 4.69) is 152 Å². The summed E-state index contributed by atoms with van der Waals surface area (Å²) in [4.78, 5) is 15.0. The average Bonchev–Trinajstić information content (AvgIpc) is 3.63. The van der Waals surface area contributed by atoms with E-state index in [-0.39, 0.29) is 0 Å². The number of fused-ring (bicyclic) bond motifs is 5. The third-order valence-corrected chi connectivity index (χ3v) is 11.2. The summed E-state index contributed by atoms with van der Waals surface area (Å²) in [5.41, 5.74) is 10.1. The SMILES string of the molecule is c1ccc(-c2ccc(-c3nc(-c4ccccc4)nc(-c4ccc(-c5cccc6c5sc5c7ccccc7c(-c7ccccc7)cc65)cc4)n3)cc2)cc1. The third kappa shape index (κ3) is 5.66. The highest BCUT2D eigenvalue weighted by Crippen LogP contribution is 2.45. The van der Waals surface area contributed by atoms with Gasteiger partial charge in [-0.05, 0) is 44.8 Å². The fraction of sp³-hybridized carbons (Fsp3) is 0. The van der Waals surface area contributed by atoms with E-state index in [0.717, 1.165) is 27.8 Å². The molecule has 0 aliphatic rings. The van der Waals surface area contributed by atoms with Crippen LogP contribution >= 0.6 is 11.3 Å².